The molecule has 0 atom stereocenters. The number of carboxylic acid groups (broad SMARTS) is 2. The molecule has 2 aromatic carbocycles. The highest BCUT2D eigenvalue weighted by molar-refractivity contribution is 7.21. The fourth-order valence-corrected chi connectivity index (χ4v) is 3.97. The first kappa shape index (κ1) is 20.5. The van der Waals surface area contributed by atoms with Gasteiger partial charge in [0.1, 0.15) is 0 Å². The molecular formula is C21H11F3N2O4S. The summed E-state index contributed by atoms with van der Waals surface area (Å²) in [7, 11) is 0. The summed E-state index contributed by atoms with van der Waals surface area (Å²) in [5, 5.41) is 17.9. The standard InChI is InChI=1S/C21H11F3N2O4S/c22-21(23,24)13-8-16-18(31-17-4-2-1-3-14(17)26-16)9-15(13)25-12-6-10(19(27)28)5-11(7-12)20(29)30/h1-9H,(H,27,28)(H,29,30)/b25-15-. The highest BCUT2D eigenvalue weighted by atomic mass is 32.1. The van der Waals surface area contributed by atoms with Crippen LogP contribution in [-0.4, -0.2) is 27.1 Å². The highest BCUT2D eigenvalue weighted by Crippen LogP contribution is 2.34. The number of carboxylic acids is 2. The zero-order valence-corrected chi connectivity index (χ0v) is 16.2. The molecule has 0 unspecified atom stereocenters. The van der Waals surface area contributed by atoms with E-state index in [1.807, 2.05) is 0 Å². The predicted octanol–water partition coefficient (Wildman–Crippen LogP) is 5.05. The molecule has 6 nitrogen and oxygen atoms in total. The first-order valence-corrected chi connectivity index (χ1v) is 9.51. The number of alkyl halides is 3. The summed E-state index contributed by atoms with van der Waals surface area (Å²) in [5.74, 6) is -2.85. The topological polar surface area (TPSA) is 99.9 Å². The van der Waals surface area contributed by atoms with Crippen molar-refractivity contribution in [3.8, 4) is 10.6 Å². The number of aromatic nitrogens is 1. The van der Waals surface area contributed by atoms with Crippen molar-refractivity contribution in [2.45, 2.75) is 6.18 Å². The number of carbonyl (C=O) groups is 2. The van der Waals surface area contributed by atoms with Crippen LogP contribution in [0.3, 0.4) is 0 Å². The van der Waals surface area contributed by atoms with Crippen LogP contribution < -0.4 is 5.36 Å². The Balaban J connectivity index is 2.03. The zero-order chi connectivity index (χ0) is 22.3. The van der Waals surface area contributed by atoms with Crippen molar-refractivity contribution in [3.63, 3.8) is 0 Å². The van der Waals surface area contributed by atoms with Gasteiger partial charge in [-0.2, -0.15) is 13.2 Å². The molecule has 0 fully saturated rings. The smallest absolute Gasteiger partial charge is 0.418 e. The molecule has 0 aromatic heterocycles. The number of fused-ring (bicyclic) bond motifs is 2. The van der Waals surface area contributed by atoms with E-state index < -0.39 is 40.2 Å². The fraction of sp³-hybridized carbons (Fsp3) is 0.0476. The summed E-state index contributed by atoms with van der Waals surface area (Å²) < 4.78 is 42.0. The molecule has 0 saturated heterocycles. The molecule has 1 aliphatic heterocycles. The SMILES string of the molecule is O=C(O)c1cc(/N=c2/cc3sc4ccccc4nc-3cc2C(F)(F)F)cc(C(=O)O)c1. The summed E-state index contributed by atoms with van der Waals surface area (Å²) in [5.41, 5.74) is -1.39. The third-order valence-electron chi connectivity index (χ3n) is 4.37. The van der Waals surface area contributed by atoms with Crippen LogP contribution in [0.1, 0.15) is 26.3 Å². The van der Waals surface area contributed by atoms with E-state index in [1.54, 1.807) is 24.3 Å². The Bertz CT molecular complexity index is 1360. The van der Waals surface area contributed by atoms with Gasteiger partial charge in [-0.05, 0) is 42.5 Å². The van der Waals surface area contributed by atoms with Crippen LogP contribution in [0.25, 0.3) is 20.8 Å². The maximum absolute atomic E-state index is 13.7. The second kappa shape index (κ2) is 7.47. The highest BCUT2D eigenvalue weighted by Gasteiger charge is 2.34. The van der Waals surface area contributed by atoms with Crippen LogP contribution >= 0.6 is 11.3 Å². The van der Waals surface area contributed by atoms with E-state index in [4.69, 9.17) is 0 Å². The van der Waals surface area contributed by atoms with Crippen LogP contribution in [-0.2, 0) is 6.18 Å². The van der Waals surface area contributed by atoms with E-state index in [9.17, 15) is 33.0 Å². The molecule has 156 valence electrons. The summed E-state index contributed by atoms with van der Waals surface area (Å²) >= 11 is 1.23. The lowest BCUT2D eigenvalue weighted by atomic mass is 10.1. The quantitative estimate of drug-likeness (QED) is 0.431. The van der Waals surface area contributed by atoms with Gasteiger partial charge in [-0.1, -0.05) is 12.1 Å². The molecule has 4 rings (SSSR count). The molecule has 1 aliphatic carbocycles. The number of halogens is 3. The minimum absolute atomic E-state index is 0.139. The third-order valence-corrected chi connectivity index (χ3v) is 5.48. The van der Waals surface area contributed by atoms with Crippen molar-refractivity contribution >= 4 is 39.2 Å². The fourth-order valence-electron chi connectivity index (χ4n) is 2.99. The zero-order valence-electron chi connectivity index (χ0n) is 15.3. The van der Waals surface area contributed by atoms with E-state index in [0.29, 0.717) is 10.4 Å². The van der Waals surface area contributed by atoms with Gasteiger partial charge in [0.05, 0.1) is 48.5 Å². The molecule has 2 aromatic rings. The van der Waals surface area contributed by atoms with E-state index in [-0.39, 0.29) is 11.4 Å². The number of rotatable bonds is 3. The van der Waals surface area contributed by atoms with Crippen LogP contribution in [0.5, 0.6) is 0 Å². The minimum atomic E-state index is -4.76. The van der Waals surface area contributed by atoms with Crippen LogP contribution in [0.15, 0.2) is 59.6 Å². The van der Waals surface area contributed by atoms with Crippen molar-refractivity contribution in [1.29, 1.82) is 0 Å². The summed E-state index contributed by atoms with van der Waals surface area (Å²) in [4.78, 5) is 31.3. The lowest BCUT2D eigenvalue weighted by molar-refractivity contribution is -0.138. The molecular weight excluding hydrogens is 433 g/mol. The molecule has 2 aliphatic rings. The Morgan fingerprint density at radius 3 is 2.19 bits per heavy atom. The normalized spacial score (nSPS) is 12.4. The summed E-state index contributed by atoms with van der Waals surface area (Å²) in [6.07, 6.45) is -4.76. The van der Waals surface area contributed by atoms with Crippen molar-refractivity contribution in [1.82, 2.24) is 4.98 Å². The molecule has 0 bridgehead atoms. The Hall–Kier alpha value is -3.79. The number of nitrogens with zero attached hydrogens (tertiary/aromatic N) is 2. The second-order valence-corrected chi connectivity index (χ2v) is 7.59. The second-order valence-electron chi connectivity index (χ2n) is 6.51. The Morgan fingerprint density at radius 2 is 1.58 bits per heavy atom. The van der Waals surface area contributed by atoms with Gasteiger partial charge in [-0.25, -0.2) is 19.6 Å². The van der Waals surface area contributed by atoms with Gasteiger partial charge in [0.25, 0.3) is 0 Å². The predicted molar refractivity (Wildman–Crippen MR) is 107 cm³/mol. The van der Waals surface area contributed by atoms with Crippen molar-refractivity contribution in [2.24, 2.45) is 4.99 Å². The summed E-state index contributed by atoms with van der Waals surface area (Å²) in [6, 6.07) is 12.0. The molecule has 2 N–H and O–H groups in total. The number of aromatic carboxylic acids is 2. The van der Waals surface area contributed by atoms with E-state index in [2.05, 4.69) is 9.98 Å². The molecule has 0 radical (unpaired) electrons. The largest absolute Gasteiger partial charge is 0.478 e. The van der Waals surface area contributed by atoms with E-state index >= 15 is 0 Å². The van der Waals surface area contributed by atoms with Gasteiger partial charge in [0, 0.05) is 0 Å². The molecule has 0 amide bonds. The summed E-state index contributed by atoms with van der Waals surface area (Å²) in [6.45, 7) is 0. The number of hydrogen-bond donors (Lipinski definition) is 2. The average molecular weight is 444 g/mol. The maximum atomic E-state index is 13.7. The Labute approximate surface area is 175 Å². The van der Waals surface area contributed by atoms with Crippen LogP contribution in [0, 0.1) is 0 Å². The van der Waals surface area contributed by atoms with Crippen LogP contribution in [0.4, 0.5) is 18.9 Å². The lowest BCUT2D eigenvalue weighted by Gasteiger charge is -2.12. The van der Waals surface area contributed by atoms with Crippen LogP contribution in [0.2, 0.25) is 0 Å². The molecule has 31 heavy (non-hydrogen) atoms. The van der Waals surface area contributed by atoms with Gasteiger partial charge < -0.3 is 10.2 Å². The van der Waals surface area contributed by atoms with Gasteiger partial charge in [0.2, 0.25) is 0 Å². The average Bonchev–Trinajstić information content (AvgIpc) is 2.70. The maximum Gasteiger partial charge on any atom is 0.418 e. The van der Waals surface area contributed by atoms with Crippen molar-refractivity contribution in [3.05, 3.63) is 76.6 Å². The first-order valence-electron chi connectivity index (χ1n) is 8.69. The van der Waals surface area contributed by atoms with E-state index in [0.717, 1.165) is 29.0 Å². The molecule has 1 heterocycles. The monoisotopic (exact) mass is 444 g/mol. The Morgan fingerprint density at radius 1 is 0.935 bits per heavy atom. The van der Waals surface area contributed by atoms with Gasteiger partial charge in [-0.15, -0.1) is 11.3 Å². The Kier molecular flexibility index (Phi) is 4.94. The van der Waals surface area contributed by atoms with E-state index in [1.165, 1.54) is 17.4 Å². The number of para-hydroxylation sites is 1. The minimum Gasteiger partial charge on any atom is -0.478 e. The molecule has 10 heteroatoms. The third kappa shape index (κ3) is 4.10. The van der Waals surface area contributed by atoms with Gasteiger partial charge in [0.15, 0.2) is 0 Å². The lowest BCUT2D eigenvalue weighted by Crippen LogP contribution is -2.20. The van der Waals surface area contributed by atoms with Gasteiger partial charge >= 0.3 is 18.1 Å². The molecule has 0 saturated carbocycles. The number of benzene rings is 3. The van der Waals surface area contributed by atoms with Crippen molar-refractivity contribution < 1.29 is 33.0 Å². The first-order chi connectivity index (χ1) is 14.6. The van der Waals surface area contributed by atoms with Crippen molar-refractivity contribution in [2.75, 3.05) is 0 Å². The molecule has 0 spiro atoms. The number of hydrogen-bond acceptors (Lipinski definition) is 5. The van der Waals surface area contributed by atoms with Gasteiger partial charge in [-0.3, -0.25) is 0 Å².